The number of piperidine rings is 1. The number of hydrogen-bond acceptors (Lipinski definition) is 3. The van der Waals surface area contributed by atoms with Crippen molar-refractivity contribution in [3.8, 4) is 0 Å². The number of sulfonamides is 1. The van der Waals surface area contributed by atoms with E-state index in [1.165, 1.54) is 11.8 Å². The topological polar surface area (TPSA) is 66.5 Å². The highest BCUT2D eigenvalue weighted by Crippen LogP contribution is 2.37. The van der Waals surface area contributed by atoms with Crippen LogP contribution in [0.5, 0.6) is 0 Å². The summed E-state index contributed by atoms with van der Waals surface area (Å²) < 4.78 is 25.5. The normalized spacial score (nSPS) is 26.5. The van der Waals surface area contributed by atoms with Gasteiger partial charge in [0.1, 0.15) is 0 Å². The van der Waals surface area contributed by atoms with Gasteiger partial charge in [-0.25, -0.2) is 8.42 Å². The Kier molecular flexibility index (Phi) is 5.79. The fourth-order valence-corrected chi connectivity index (χ4v) is 5.82. The first-order valence-corrected chi connectivity index (χ1v) is 11.1. The van der Waals surface area contributed by atoms with Crippen molar-refractivity contribution in [2.24, 2.45) is 0 Å². The van der Waals surface area contributed by atoms with Crippen molar-refractivity contribution in [2.75, 3.05) is 6.26 Å². The maximum Gasteiger partial charge on any atom is 0.220 e. The third kappa shape index (κ3) is 4.82. The van der Waals surface area contributed by atoms with Crippen LogP contribution in [0.1, 0.15) is 50.5 Å². The Morgan fingerprint density at radius 1 is 1.12 bits per heavy atom. The van der Waals surface area contributed by atoms with Crippen molar-refractivity contribution in [3.63, 3.8) is 0 Å². The zero-order chi connectivity index (χ0) is 17.9. The number of carbonyl (C=O) groups is 1. The fraction of sp³-hybridized carbons (Fsp3) is 0.632. The molecule has 2 unspecified atom stereocenters. The molecule has 138 valence electrons. The standard InChI is InChI=1S/C19H28N2O3S/c1-25(23,24)21-17-11-12-18(21)14-16(13-17)20-19(22)10-6-5-9-15-7-3-2-4-8-15/h2-4,7-8,16-18H,5-6,9-14H2,1H3,(H,20,22). The number of rotatable bonds is 7. The zero-order valence-electron chi connectivity index (χ0n) is 14.9. The number of hydrogen-bond donors (Lipinski definition) is 1. The van der Waals surface area contributed by atoms with Crippen molar-refractivity contribution in [2.45, 2.75) is 69.5 Å². The molecule has 0 saturated carbocycles. The van der Waals surface area contributed by atoms with Gasteiger partial charge in [0.15, 0.2) is 0 Å². The highest BCUT2D eigenvalue weighted by molar-refractivity contribution is 7.88. The van der Waals surface area contributed by atoms with Gasteiger partial charge in [0.05, 0.1) is 6.26 Å². The maximum atomic E-state index is 12.2. The Morgan fingerprint density at radius 3 is 2.36 bits per heavy atom. The molecule has 0 spiro atoms. The van der Waals surface area contributed by atoms with Crippen LogP contribution in [0.15, 0.2) is 30.3 Å². The van der Waals surface area contributed by atoms with Crippen molar-refractivity contribution in [1.29, 1.82) is 0 Å². The summed E-state index contributed by atoms with van der Waals surface area (Å²) in [5, 5.41) is 3.13. The van der Waals surface area contributed by atoms with Gasteiger partial charge in [-0.1, -0.05) is 30.3 Å². The van der Waals surface area contributed by atoms with Crippen LogP contribution in [0.4, 0.5) is 0 Å². The maximum absolute atomic E-state index is 12.2. The minimum absolute atomic E-state index is 0.0668. The van der Waals surface area contributed by atoms with Gasteiger partial charge < -0.3 is 5.32 Å². The van der Waals surface area contributed by atoms with Gasteiger partial charge in [0.2, 0.25) is 15.9 Å². The molecule has 5 nitrogen and oxygen atoms in total. The van der Waals surface area contributed by atoms with Gasteiger partial charge in [-0.15, -0.1) is 0 Å². The quantitative estimate of drug-likeness (QED) is 0.756. The molecule has 1 aromatic rings. The van der Waals surface area contributed by atoms with Crippen LogP contribution < -0.4 is 5.32 Å². The molecular formula is C19H28N2O3S. The van der Waals surface area contributed by atoms with Gasteiger partial charge in [-0.2, -0.15) is 4.31 Å². The van der Waals surface area contributed by atoms with E-state index in [0.29, 0.717) is 6.42 Å². The van der Waals surface area contributed by atoms with E-state index in [1.54, 1.807) is 4.31 Å². The Bertz CT molecular complexity index is 676. The molecule has 1 N–H and O–H groups in total. The minimum Gasteiger partial charge on any atom is -0.353 e. The Labute approximate surface area is 150 Å². The molecule has 2 bridgehead atoms. The van der Waals surface area contributed by atoms with Crippen LogP contribution in [0.3, 0.4) is 0 Å². The number of benzene rings is 1. The first kappa shape index (κ1) is 18.4. The van der Waals surface area contributed by atoms with Gasteiger partial charge in [0.25, 0.3) is 0 Å². The first-order chi connectivity index (χ1) is 11.9. The number of carbonyl (C=O) groups excluding carboxylic acids is 1. The SMILES string of the molecule is CS(=O)(=O)N1C2CCC1CC(NC(=O)CCCCc1ccccc1)C2. The molecule has 25 heavy (non-hydrogen) atoms. The van der Waals surface area contributed by atoms with E-state index in [4.69, 9.17) is 0 Å². The Balaban J connectivity index is 1.39. The number of unbranched alkanes of at least 4 members (excludes halogenated alkanes) is 1. The zero-order valence-corrected chi connectivity index (χ0v) is 15.7. The molecule has 3 rings (SSSR count). The number of fused-ring (bicyclic) bond motifs is 2. The van der Waals surface area contributed by atoms with Crippen LogP contribution in [-0.2, 0) is 21.2 Å². The molecule has 1 aromatic carbocycles. The van der Waals surface area contributed by atoms with Crippen molar-refractivity contribution >= 4 is 15.9 Å². The minimum atomic E-state index is -3.14. The molecule has 0 aliphatic carbocycles. The van der Waals surface area contributed by atoms with Gasteiger partial charge >= 0.3 is 0 Å². The molecule has 0 aromatic heterocycles. The smallest absolute Gasteiger partial charge is 0.220 e. The van der Waals surface area contributed by atoms with E-state index in [0.717, 1.165) is 44.9 Å². The molecule has 0 radical (unpaired) electrons. The summed E-state index contributed by atoms with van der Waals surface area (Å²) in [4.78, 5) is 12.2. The Hall–Kier alpha value is -1.40. The second-order valence-electron chi connectivity index (χ2n) is 7.41. The molecule has 2 heterocycles. The first-order valence-electron chi connectivity index (χ1n) is 9.25. The van der Waals surface area contributed by atoms with Crippen molar-refractivity contribution in [1.82, 2.24) is 9.62 Å². The second-order valence-corrected chi connectivity index (χ2v) is 9.29. The molecule has 6 heteroatoms. The highest BCUT2D eigenvalue weighted by Gasteiger charge is 2.45. The summed E-state index contributed by atoms with van der Waals surface area (Å²) in [5.74, 6) is 0.102. The lowest BCUT2D eigenvalue weighted by Crippen LogP contribution is -2.52. The lowest BCUT2D eigenvalue weighted by molar-refractivity contribution is -0.122. The van der Waals surface area contributed by atoms with Crippen LogP contribution in [0.25, 0.3) is 0 Å². The second kappa shape index (κ2) is 7.87. The lowest BCUT2D eigenvalue weighted by Gasteiger charge is -2.37. The van der Waals surface area contributed by atoms with Crippen molar-refractivity contribution < 1.29 is 13.2 Å². The lowest BCUT2D eigenvalue weighted by atomic mass is 9.99. The highest BCUT2D eigenvalue weighted by atomic mass is 32.2. The van der Waals surface area contributed by atoms with Gasteiger partial charge in [-0.3, -0.25) is 4.79 Å². The molecule has 2 atom stereocenters. The number of amides is 1. The molecule has 2 saturated heterocycles. The van der Waals surface area contributed by atoms with Gasteiger partial charge in [-0.05, 0) is 50.5 Å². The molecule has 1 amide bonds. The molecular weight excluding hydrogens is 336 g/mol. The third-order valence-electron chi connectivity index (χ3n) is 5.38. The molecule has 2 aliphatic heterocycles. The number of aryl methyl sites for hydroxylation is 1. The summed E-state index contributed by atoms with van der Waals surface area (Å²) >= 11 is 0. The predicted octanol–water partition coefficient (Wildman–Crippen LogP) is 2.47. The summed E-state index contributed by atoms with van der Waals surface area (Å²) in [6.07, 6.45) is 8.08. The molecule has 2 aliphatic rings. The monoisotopic (exact) mass is 364 g/mol. The predicted molar refractivity (Wildman–Crippen MR) is 98.7 cm³/mol. The van der Waals surface area contributed by atoms with E-state index in [-0.39, 0.29) is 24.0 Å². The van der Waals surface area contributed by atoms with E-state index in [9.17, 15) is 13.2 Å². The third-order valence-corrected chi connectivity index (χ3v) is 6.74. The van der Waals surface area contributed by atoms with Crippen LogP contribution >= 0.6 is 0 Å². The van der Waals surface area contributed by atoms with Gasteiger partial charge in [0, 0.05) is 24.5 Å². The van der Waals surface area contributed by atoms with Crippen LogP contribution in [0.2, 0.25) is 0 Å². The summed E-state index contributed by atoms with van der Waals surface area (Å²) in [7, 11) is -3.14. The summed E-state index contributed by atoms with van der Waals surface area (Å²) in [6.45, 7) is 0. The van der Waals surface area contributed by atoms with Crippen LogP contribution in [0, 0.1) is 0 Å². The van der Waals surface area contributed by atoms with E-state index >= 15 is 0 Å². The number of nitrogens with zero attached hydrogens (tertiary/aromatic N) is 1. The fourth-order valence-electron chi connectivity index (χ4n) is 4.35. The largest absolute Gasteiger partial charge is 0.353 e. The van der Waals surface area contributed by atoms with E-state index in [1.807, 2.05) is 18.2 Å². The van der Waals surface area contributed by atoms with Crippen LogP contribution in [-0.4, -0.2) is 43.0 Å². The number of nitrogens with one attached hydrogen (secondary N) is 1. The summed E-state index contributed by atoms with van der Waals surface area (Å²) in [6, 6.07) is 10.6. The Morgan fingerprint density at radius 2 is 1.76 bits per heavy atom. The summed E-state index contributed by atoms with van der Waals surface area (Å²) in [5.41, 5.74) is 1.31. The molecule has 2 fully saturated rings. The average molecular weight is 365 g/mol. The van der Waals surface area contributed by atoms with Crippen molar-refractivity contribution in [3.05, 3.63) is 35.9 Å². The average Bonchev–Trinajstić information content (AvgIpc) is 2.85. The van der Waals surface area contributed by atoms with E-state index < -0.39 is 10.0 Å². The van der Waals surface area contributed by atoms with E-state index in [2.05, 4.69) is 17.4 Å².